The first-order chi connectivity index (χ1) is 6.24. The summed E-state index contributed by atoms with van der Waals surface area (Å²) in [7, 11) is -3.47. The molecular weight excluding hydrogens is 204 g/mol. The standard InChI is InChI=1S/C8H20N2O3S/c1-6(2)8(11)5-9-14(12,13)10-7(3)4/h6-11H,5H2,1-4H3. The van der Waals surface area contributed by atoms with Gasteiger partial charge < -0.3 is 5.11 Å². The van der Waals surface area contributed by atoms with Gasteiger partial charge in [-0.15, -0.1) is 0 Å². The van der Waals surface area contributed by atoms with Crippen molar-refractivity contribution in [2.45, 2.75) is 39.8 Å². The second-order valence-corrected chi connectivity index (χ2v) is 5.47. The van der Waals surface area contributed by atoms with E-state index in [1.807, 2.05) is 13.8 Å². The minimum Gasteiger partial charge on any atom is -0.391 e. The van der Waals surface area contributed by atoms with Crippen molar-refractivity contribution >= 4 is 10.2 Å². The summed E-state index contributed by atoms with van der Waals surface area (Å²) in [6, 6.07) is -0.149. The van der Waals surface area contributed by atoms with E-state index >= 15 is 0 Å². The van der Waals surface area contributed by atoms with E-state index in [4.69, 9.17) is 0 Å². The van der Waals surface area contributed by atoms with Crippen LogP contribution < -0.4 is 9.44 Å². The summed E-state index contributed by atoms with van der Waals surface area (Å²) in [5, 5.41) is 9.37. The molecule has 0 aliphatic carbocycles. The number of hydrogen-bond donors (Lipinski definition) is 3. The van der Waals surface area contributed by atoms with Crippen molar-refractivity contribution in [3.63, 3.8) is 0 Å². The number of nitrogens with one attached hydrogen (secondary N) is 2. The normalized spacial score (nSPS) is 15.1. The molecular formula is C8H20N2O3S. The predicted molar refractivity (Wildman–Crippen MR) is 56.0 cm³/mol. The molecule has 1 unspecified atom stereocenters. The van der Waals surface area contributed by atoms with Gasteiger partial charge in [0.1, 0.15) is 0 Å². The van der Waals surface area contributed by atoms with Crippen molar-refractivity contribution in [1.82, 2.24) is 9.44 Å². The first kappa shape index (κ1) is 13.8. The van der Waals surface area contributed by atoms with Gasteiger partial charge in [0.05, 0.1) is 6.10 Å². The molecule has 0 saturated heterocycles. The molecule has 0 aromatic carbocycles. The van der Waals surface area contributed by atoms with E-state index in [0.29, 0.717) is 0 Å². The number of aliphatic hydroxyl groups is 1. The molecule has 0 amide bonds. The minimum absolute atomic E-state index is 0.0387. The van der Waals surface area contributed by atoms with Gasteiger partial charge in [0.15, 0.2) is 0 Å². The zero-order valence-corrected chi connectivity index (χ0v) is 9.93. The van der Waals surface area contributed by atoms with Gasteiger partial charge in [0, 0.05) is 12.6 Å². The molecule has 1 atom stereocenters. The lowest BCUT2D eigenvalue weighted by Gasteiger charge is -2.16. The highest BCUT2D eigenvalue weighted by atomic mass is 32.2. The SMILES string of the molecule is CC(C)NS(=O)(=O)NCC(O)C(C)C. The lowest BCUT2D eigenvalue weighted by molar-refractivity contribution is 0.129. The van der Waals surface area contributed by atoms with Gasteiger partial charge in [-0.05, 0) is 19.8 Å². The molecule has 0 bridgehead atoms. The Morgan fingerprint density at radius 3 is 2.07 bits per heavy atom. The summed E-state index contributed by atoms with van der Waals surface area (Å²) in [5.41, 5.74) is 0. The van der Waals surface area contributed by atoms with Crippen LogP contribution in [0.3, 0.4) is 0 Å². The highest BCUT2D eigenvalue weighted by Gasteiger charge is 2.15. The van der Waals surface area contributed by atoms with Gasteiger partial charge in [-0.25, -0.2) is 0 Å². The molecule has 14 heavy (non-hydrogen) atoms. The Hall–Kier alpha value is -0.170. The zero-order chi connectivity index (χ0) is 11.4. The fraction of sp³-hybridized carbons (Fsp3) is 1.00. The fourth-order valence-electron chi connectivity index (χ4n) is 0.783. The largest absolute Gasteiger partial charge is 0.391 e. The summed E-state index contributed by atoms with van der Waals surface area (Å²) >= 11 is 0. The molecule has 0 aliphatic rings. The quantitative estimate of drug-likeness (QED) is 0.586. The maximum absolute atomic E-state index is 11.2. The van der Waals surface area contributed by atoms with E-state index < -0.39 is 16.3 Å². The molecule has 86 valence electrons. The highest BCUT2D eigenvalue weighted by Crippen LogP contribution is 1.99. The minimum atomic E-state index is -3.47. The molecule has 0 radical (unpaired) electrons. The molecule has 3 N–H and O–H groups in total. The van der Waals surface area contributed by atoms with E-state index in [9.17, 15) is 13.5 Å². The van der Waals surface area contributed by atoms with Crippen LogP contribution in [0.5, 0.6) is 0 Å². The summed E-state index contributed by atoms with van der Waals surface area (Å²) in [6.07, 6.45) is -0.654. The third kappa shape index (κ3) is 6.31. The summed E-state index contributed by atoms with van der Waals surface area (Å²) in [4.78, 5) is 0. The van der Waals surface area contributed by atoms with Crippen LogP contribution in [0, 0.1) is 5.92 Å². The zero-order valence-electron chi connectivity index (χ0n) is 9.11. The predicted octanol–water partition coefficient (Wildman–Crippen LogP) is -0.164. The monoisotopic (exact) mass is 224 g/mol. The Morgan fingerprint density at radius 1 is 1.21 bits per heavy atom. The van der Waals surface area contributed by atoms with Crippen LogP contribution in [0.1, 0.15) is 27.7 Å². The topological polar surface area (TPSA) is 78.4 Å². The maximum atomic E-state index is 11.2. The van der Waals surface area contributed by atoms with Crippen molar-refractivity contribution in [1.29, 1.82) is 0 Å². The second-order valence-electron chi connectivity index (χ2n) is 3.94. The molecule has 0 aromatic rings. The first-order valence-corrected chi connectivity index (χ1v) is 6.18. The molecule has 5 nitrogen and oxygen atoms in total. The Kier molecular flexibility index (Phi) is 5.58. The number of rotatable bonds is 6. The van der Waals surface area contributed by atoms with E-state index in [0.717, 1.165) is 0 Å². The third-order valence-electron chi connectivity index (χ3n) is 1.64. The Labute approximate surface area is 86.1 Å². The number of aliphatic hydroxyl groups excluding tert-OH is 1. The van der Waals surface area contributed by atoms with Crippen LogP contribution in [-0.2, 0) is 10.2 Å². The van der Waals surface area contributed by atoms with E-state index in [1.165, 1.54) is 0 Å². The average molecular weight is 224 g/mol. The van der Waals surface area contributed by atoms with Gasteiger partial charge in [-0.3, -0.25) is 0 Å². The van der Waals surface area contributed by atoms with Crippen molar-refractivity contribution in [3.05, 3.63) is 0 Å². The van der Waals surface area contributed by atoms with Crippen LogP contribution in [-0.4, -0.2) is 32.2 Å². The van der Waals surface area contributed by atoms with Crippen molar-refractivity contribution in [2.75, 3.05) is 6.54 Å². The molecule has 0 aliphatic heterocycles. The van der Waals surface area contributed by atoms with Gasteiger partial charge in [-0.1, -0.05) is 13.8 Å². The third-order valence-corrected chi connectivity index (χ3v) is 2.97. The lowest BCUT2D eigenvalue weighted by Crippen LogP contribution is -2.44. The van der Waals surface area contributed by atoms with Crippen LogP contribution in [0.4, 0.5) is 0 Å². The molecule has 0 heterocycles. The Balaban J connectivity index is 4.00. The summed E-state index contributed by atoms with van der Waals surface area (Å²) in [5.74, 6) is 0.0387. The van der Waals surface area contributed by atoms with Crippen LogP contribution >= 0.6 is 0 Å². The fourth-order valence-corrected chi connectivity index (χ4v) is 1.88. The van der Waals surface area contributed by atoms with Crippen LogP contribution in [0.25, 0.3) is 0 Å². The van der Waals surface area contributed by atoms with E-state index in [1.54, 1.807) is 13.8 Å². The van der Waals surface area contributed by atoms with Gasteiger partial charge in [0.25, 0.3) is 10.2 Å². The molecule has 6 heteroatoms. The average Bonchev–Trinajstić information content (AvgIpc) is 1.97. The Morgan fingerprint density at radius 2 is 1.71 bits per heavy atom. The number of hydrogen-bond acceptors (Lipinski definition) is 3. The second kappa shape index (κ2) is 5.65. The van der Waals surface area contributed by atoms with Crippen molar-refractivity contribution in [2.24, 2.45) is 5.92 Å². The molecule has 0 fully saturated rings. The molecule has 0 rings (SSSR count). The van der Waals surface area contributed by atoms with Crippen molar-refractivity contribution in [3.8, 4) is 0 Å². The molecule has 0 spiro atoms. The molecule has 0 saturated carbocycles. The van der Waals surface area contributed by atoms with Crippen molar-refractivity contribution < 1.29 is 13.5 Å². The van der Waals surface area contributed by atoms with E-state index in [-0.39, 0.29) is 18.5 Å². The first-order valence-electron chi connectivity index (χ1n) is 4.69. The van der Waals surface area contributed by atoms with Crippen LogP contribution in [0.2, 0.25) is 0 Å². The summed E-state index contributed by atoms with van der Waals surface area (Å²) in [6.45, 7) is 7.17. The summed E-state index contributed by atoms with van der Waals surface area (Å²) < 4.78 is 27.1. The maximum Gasteiger partial charge on any atom is 0.277 e. The van der Waals surface area contributed by atoms with Crippen LogP contribution in [0.15, 0.2) is 0 Å². The van der Waals surface area contributed by atoms with Gasteiger partial charge >= 0.3 is 0 Å². The smallest absolute Gasteiger partial charge is 0.277 e. The lowest BCUT2D eigenvalue weighted by atomic mass is 10.1. The molecule has 0 aromatic heterocycles. The van der Waals surface area contributed by atoms with Gasteiger partial charge in [-0.2, -0.15) is 17.9 Å². The van der Waals surface area contributed by atoms with E-state index in [2.05, 4.69) is 9.44 Å². The van der Waals surface area contributed by atoms with Gasteiger partial charge in [0.2, 0.25) is 0 Å². The Bertz CT molecular complexity index is 249. The highest BCUT2D eigenvalue weighted by molar-refractivity contribution is 7.87.